The first-order valence-corrected chi connectivity index (χ1v) is 13.3. The molecule has 0 bridgehead atoms. The van der Waals surface area contributed by atoms with Crippen LogP contribution >= 0.6 is 0 Å². The van der Waals surface area contributed by atoms with Gasteiger partial charge in [0.25, 0.3) is 0 Å². The largest absolute Gasteiger partial charge is 0.465 e. The van der Waals surface area contributed by atoms with Gasteiger partial charge in [-0.1, -0.05) is 50.8 Å². The van der Waals surface area contributed by atoms with Gasteiger partial charge < -0.3 is 15.7 Å². The minimum Gasteiger partial charge on any atom is -0.465 e. The van der Waals surface area contributed by atoms with Crippen molar-refractivity contribution < 1.29 is 27.9 Å². The Morgan fingerprint density at radius 1 is 1.14 bits per heavy atom. The smallest absolute Gasteiger partial charge is 0.416 e. The lowest BCUT2D eigenvalue weighted by Gasteiger charge is -2.26. The first-order chi connectivity index (χ1) is 17.1. The highest BCUT2D eigenvalue weighted by Crippen LogP contribution is 2.39. The third-order valence-electron chi connectivity index (χ3n) is 8.38. The molecule has 0 spiro atoms. The summed E-state index contributed by atoms with van der Waals surface area (Å²) in [6.45, 7) is 4.04. The number of nitrogens with one attached hydrogen (secondary N) is 2. The van der Waals surface area contributed by atoms with Crippen molar-refractivity contribution in [3.8, 4) is 0 Å². The average Bonchev–Trinajstić information content (AvgIpc) is 3.52. The van der Waals surface area contributed by atoms with Crippen LogP contribution in [-0.2, 0) is 17.5 Å². The standard InChI is InChI=1S/C27H38F3N3O3/c1-17(11-18-5-2-3-6-18)12-24(32-26(35)36)25(34)31-23-10-9-20-15-33(16-22(20)23)14-19-7-4-8-21(13-19)27(28,29)30/h4,7-8,13,17-18,20,22-24,32H,2-3,5-6,9-12,14-16H2,1H3,(H,31,34)(H,35,36)/t17-,20+,22-,23-,24?/m1/s1. The number of amides is 2. The SMILES string of the molecule is C[C@H](CC1CCCC1)CC(NC(=O)O)C(=O)N[C@@H]1CC[C@H]2CN(Cc3cccc(C(F)(F)F)c3)C[C@H]21. The second-order valence-corrected chi connectivity index (χ2v) is 11.2. The van der Waals surface area contributed by atoms with Gasteiger partial charge in [0.15, 0.2) is 0 Å². The highest BCUT2D eigenvalue weighted by molar-refractivity contribution is 5.85. The Morgan fingerprint density at radius 2 is 1.89 bits per heavy atom. The Morgan fingerprint density at radius 3 is 2.58 bits per heavy atom. The minimum absolute atomic E-state index is 0.0442. The van der Waals surface area contributed by atoms with Crippen molar-refractivity contribution in [2.75, 3.05) is 13.1 Å². The summed E-state index contributed by atoms with van der Waals surface area (Å²) in [4.78, 5) is 26.7. The van der Waals surface area contributed by atoms with Gasteiger partial charge in [-0.15, -0.1) is 0 Å². The quantitative estimate of drug-likeness (QED) is 0.423. The summed E-state index contributed by atoms with van der Waals surface area (Å²) in [6.07, 6.45) is 2.68. The Bertz CT molecular complexity index is 919. The predicted molar refractivity (Wildman–Crippen MR) is 130 cm³/mol. The van der Waals surface area contributed by atoms with E-state index in [-0.39, 0.29) is 23.8 Å². The van der Waals surface area contributed by atoms with Crippen molar-refractivity contribution in [2.45, 2.75) is 83.1 Å². The van der Waals surface area contributed by atoms with Crippen LogP contribution < -0.4 is 10.6 Å². The lowest BCUT2D eigenvalue weighted by atomic mass is 9.89. The molecule has 2 saturated carbocycles. The van der Waals surface area contributed by atoms with Crippen molar-refractivity contribution >= 4 is 12.0 Å². The number of carbonyl (C=O) groups is 2. The van der Waals surface area contributed by atoms with Crippen LogP contribution in [-0.4, -0.2) is 47.2 Å². The molecule has 4 rings (SSSR count). The van der Waals surface area contributed by atoms with Crippen LogP contribution in [0.15, 0.2) is 24.3 Å². The van der Waals surface area contributed by atoms with E-state index in [1.165, 1.54) is 37.8 Å². The van der Waals surface area contributed by atoms with E-state index in [1.807, 2.05) is 0 Å². The molecule has 5 atom stereocenters. The molecule has 200 valence electrons. The Hall–Kier alpha value is -2.29. The van der Waals surface area contributed by atoms with E-state index >= 15 is 0 Å². The lowest BCUT2D eigenvalue weighted by molar-refractivity contribution is -0.137. The van der Waals surface area contributed by atoms with E-state index in [2.05, 4.69) is 22.5 Å². The monoisotopic (exact) mass is 509 g/mol. The maximum Gasteiger partial charge on any atom is 0.416 e. The van der Waals surface area contributed by atoms with Gasteiger partial charge in [-0.05, 0) is 61.0 Å². The third-order valence-corrected chi connectivity index (χ3v) is 8.38. The topological polar surface area (TPSA) is 81.7 Å². The summed E-state index contributed by atoms with van der Waals surface area (Å²) in [5.41, 5.74) is -0.00369. The number of likely N-dealkylation sites (tertiary alicyclic amines) is 1. The number of hydrogen-bond acceptors (Lipinski definition) is 3. The molecule has 1 aliphatic heterocycles. The number of carboxylic acid groups (broad SMARTS) is 1. The van der Waals surface area contributed by atoms with Gasteiger partial charge in [0.1, 0.15) is 6.04 Å². The normalized spacial score (nSPS) is 26.5. The summed E-state index contributed by atoms with van der Waals surface area (Å²) in [5.74, 6) is 1.26. The molecule has 3 N–H and O–H groups in total. The Balaban J connectivity index is 1.32. The highest BCUT2D eigenvalue weighted by Gasteiger charge is 2.43. The molecule has 2 amide bonds. The van der Waals surface area contributed by atoms with Gasteiger partial charge in [-0.2, -0.15) is 13.2 Å². The maximum absolute atomic E-state index is 13.1. The number of nitrogens with zero attached hydrogens (tertiary/aromatic N) is 1. The van der Waals surface area contributed by atoms with Crippen LogP contribution in [0.1, 0.15) is 69.4 Å². The van der Waals surface area contributed by atoms with Crippen LogP contribution in [0.25, 0.3) is 0 Å². The summed E-state index contributed by atoms with van der Waals surface area (Å²) < 4.78 is 39.2. The Labute approximate surface area is 211 Å². The molecule has 2 aliphatic carbocycles. The van der Waals surface area contributed by atoms with Crippen molar-refractivity contribution in [1.82, 2.24) is 15.5 Å². The van der Waals surface area contributed by atoms with Crippen LogP contribution in [0.3, 0.4) is 0 Å². The third kappa shape index (κ3) is 6.93. The molecule has 0 aromatic heterocycles. The van der Waals surface area contributed by atoms with Crippen LogP contribution in [0.5, 0.6) is 0 Å². The van der Waals surface area contributed by atoms with Gasteiger partial charge in [0, 0.05) is 25.7 Å². The molecular formula is C27H38F3N3O3. The van der Waals surface area contributed by atoms with E-state index in [1.54, 1.807) is 6.07 Å². The number of benzene rings is 1. The van der Waals surface area contributed by atoms with Gasteiger partial charge in [-0.25, -0.2) is 4.79 Å². The molecule has 1 heterocycles. The van der Waals surface area contributed by atoms with Crippen molar-refractivity contribution in [3.63, 3.8) is 0 Å². The van der Waals surface area contributed by atoms with Crippen molar-refractivity contribution in [2.24, 2.45) is 23.7 Å². The number of carbonyl (C=O) groups excluding carboxylic acids is 1. The van der Waals surface area contributed by atoms with E-state index in [9.17, 15) is 27.9 Å². The molecule has 3 aliphatic rings. The second kappa shape index (κ2) is 11.4. The van der Waals surface area contributed by atoms with Gasteiger partial charge >= 0.3 is 12.3 Å². The second-order valence-electron chi connectivity index (χ2n) is 11.2. The van der Waals surface area contributed by atoms with Crippen molar-refractivity contribution in [1.29, 1.82) is 0 Å². The molecule has 1 unspecified atom stereocenters. The molecule has 1 aromatic rings. The fourth-order valence-electron chi connectivity index (χ4n) is 6.75. The first-order valence-electron chi connectivity index (χ1n) is 13.3. The Kier molecular flexibility index (Phi) is 8.48. The molecule has 6 nitrogen and oxygen atoms in total. The zero-order chi connectivity index (χ0) is 25.9. The van der Waals surface area contributed by atoms with E-state index in [0.29, 0.717) is 36.9 Å². The molecular weight excluding hydrogens is 471 g/mol. The van der Waals surface area contributed by atoms with Crippen LogP contribution in [0.4, 0.5) is 18.0 Å². The number of rotatable bonds is 9. The van der Waals surface area contributed by atoms with Gasteiger partial charge in [0.05, 0.1) is 5.56 Å². The zero-order valence-corrected chi connectivity index (χ0v) is 20.9. The summed E-state index contributed by atoms with van der Waals surface area (Å²) in [6, 6.07) is 4.64. The van der Waals surface area contributed by atoms with E-state index < -0.39 is 23.9 Å². The fourth-order valence-corrected chi connectivity index (χ4v) is 6.75. The summed E-state index contributed by atoms with van der Waals surface area (Å²) in [5, 5.41) is 14.9. The molecule has 9 heteroatoms. The number of alkyl halides is 3. The molecule has 3 fully saturated rings. The fraction of sp³-hybridized carbons (Fsp3) is 0.704. The summed E-state index contributed by atoms with van der Waals surface area (Å²) in [7, 11) is 0. The van der Waals surface area contributed by atoms with Crippen LogP contribution in [0, 0.1) is 23.7 Å². The van der Waals surface area contributed by atoms with Crippen LogP contribution in [0.2, 0.25) is 0 Å². The predicted octanol–water partition coefficient (Wildman–Crippen LogP) is 5.27. The maximum atomic E-state index is 13.1. The van der Waals surface area contributed by atoms with E-state index in [4.69, 9.17) is 0 Å². The van der Waals surface area contributed by atoms with E-state index in [0.717, 1.165) is 31.9 Å². The zero-order valence-electron chi connectivity index (χ0n) is 20.9. The number of hydrogen-bond donors (Lipinski definition) is 3. The number of fused-ring (bicyclic) bond motifs is 1. The lowest BCUT2D eigenvalue weighted by Crippen LogP contribution is -2.51. The molecule has 36 heavy (non-hydrogen) atoms. The molecule has 1 saturated heterocycles. The van der Waals surface area contributed by atoms with Crippen molar-refractivity contribution in [3.05, 3.63) is 35.4 Å². The average molecular weight is 510 g/mol. The first kappa shape index (κ1) is 26.8. The minimum atomic E-state index is -4.36. The summed E-state index contributed by atoms with van der Waals surface area (Å²) >= 11 is 0. The number of halogens is 3. The molecule has 0 radical (unpaired) electrons. The van der Waals surface area contributed by atoms with Gasteiger partial charge in [-0.3, -0.25) is 9.69 Å². The highest BCUT2D eigenvalue weighted by atomic mass is 19.4. The van der Waals surface area contributed by atoms with Gasteiger partial charge in [0.2, 0.25) is 5.91 Å². The molecule has 1 aromatic carbocycles.